The van der Waals surface area contributed by atoms with Gasteiger partial charge in [-0.15, -0.1) is 11.3 Å². The van der Waals surface area contributed by atoms with Crippen molar-refractivity contribution < 1.29 is 0 Å². The Balaban J connectivity index is 1.90. The normalized spacial score (nSPS) is 16.7. The molecule has 0 spiro atoms. The van der Waals surface area contributed by atoms with Crippen LogP contribution in [0.1, 0.15) is 31.1 Å². The standard InChI is InChI=1S/C14H21N5S2/c1-3-9-7-10-11(16-8-14(20-2)5-4-6-14)17-13(19-15)18-12(10)21-9/h7H,3-6,8,15H2,1-2H3,(H2,16,17,18,19). The monoisotopic (exact) mass is 323 g/mol. The number of nitrogens with one attached hydrogen (secondary N) is 2. The molecule has 0 unspecified atom stereocenters. The second-order valence-electron chi connectivity index (χ2n) is 5.42. The second-order valence-corrected chi connectivity index (χ2v) is 7.81. The zero-order valence-electron chi connectivity index (χ0n) is 12.4. The van der Waals surface area contributed by atoms with Gasteiger partial charge in [-0.25, -0.2) is 10.8 Å². The van der Waals surface area contributed by atoms with Crippen LogP contribution in [-0.2, 0) is 6.42 Å². The van der Waals surface area contributed by atoms with Crippen LogP contribution >= 0.6 is 23.1 Å². The fourth-order valence-electron chi connectivity index (χ4n) is 2.61. The number of hydrogen-bond donors (Lipinski definition) is 3. The number of nitrogens with two attached hydrogens (primary N) is 1. The average molecular weight is 323 g/mol. The maximum atomic E-state index is 5.49. The van der Waals surface area contributed by atoms with Crippen molar-refractivity contribution in [2.24, 2.45) is 5.84 Å². The van der Waals surface area contributed by atoms with Crippen molar-refractivity contribution in [1.82, 2.24) is 9.97 Å². The average Bonchev–Trinajstić information content (AvgIpc) is 2.89. The van der Waals surface area contributed by atoms with Crippen LogP contribution in [-0.4, -0.2) is 27.5 Å². The van der Waals surface area contributed by atoms with Crippen LogP contribution in [0.15, 0.2) is 6.07 Å². The van der Waals surface area contributed by atoms with Crippen LogP contribution < -0.4 is 16.6 Å². The number of anilines is 2. The predicted octanol–water partition coefficient (Wildman–Crippen LogP) is 3.24. The topological polar surface area (TPSA) is 75.9 Å². The third kappa shape index (κ3) is 2.82. The molecule has 7 heteroatoms. The summed E-state index contributed by atoms with van der Waals surface area (Å²) in [6.45, 7) is 3.10. The van der Waals surface area contributed by atoms with Crippen molar-refractivity contribution in [3.8, 4) is 0 Å². The highest BCUT2D eigenvalue weighted by atomic mass is 32.2. The van der Waals surface area contributed by atoms with E-state index in [1.54, 1.807) is 11.3 Å². The van der Waals surface area contributed by atoms with E-state index in [9.17, 15) is 0 Å². The minimum Gasteiger partial charge on any atom is -0.368 e. The Hall–Kier alpha value is -1.05. The summed E-state index contributed by atoms with van der Waals surface area (Å²) in [5, 5.41) is 4.64. The lowest BCUT2D eigenvalue weighted by atomic mass is 9.84. The fourth-order valence-corrected chi connectivity index (χ4v) is 4.49. The lowest BCUT2D eigenvalue weighted by Gasteiger charge is -2.40. The van der Waals surface area contributed by atoms with Crippen molar-refractivity contribution in [3.63, 3.8) is 0 Å². The van der Waals surface area contributed by atoms with E-state index >= 15 is 0 Å². The summed E-state index contributed by atoms with van der Waals surface area (Å²) in [6.07, 6.45) is 7.10. The molecule has 0 aliphatic heterocycles. The molecule has 1 aliphatic carbocycles. The minimum atomic E-state index is 0.372. The third-order valence-corrected chi connectivity index (χ3v) is 6.79. The Morgan fingerprint density at radius 2 is 2.24 bits per heavy atom. The van der Waals surface area contributed by atoms with Crippen LogP contribution in [0.4, 0.5) is 11.8 Å². The molecule has 2 heterocycles. The van der Waals surface area contributed by atoms with Gasteiger partial charge in [-0.1, -0.05) is 13.3 Å². The first-order valence-electron chi connectivity index (χ1n) is 7.26. The molecule has 1 aliphatic rings. The summed E-state index contributed by atoms with van der Waals surface area (Å²) < 4.78 is 0.372. The minimum absolute atomic E-state index is 0.372. The maximum absolute atomic E-state index is 5.49. The summed E-state index contributed by atoms with van der Waals surface area (Å²) in [7, 11) is 0. The molecule has 0 amide bonds. The maximum Gasteiger partial charge on any atom is 0.240 e. The fraction of sp³-hybridized carbons (Fsp3) is 0.571. The van der Waals surface area contributed by atoms with E-state index in [0.29, 0.717) is 10.7 Å². The van der Waals surface area contributed by atoms with Gasteiger partial charge in [0.2, 0.25) is 5.95 Å². The molecule has 21 heavy (non-hydrogen) atoms. The van der Waals surface area contributed by atoms with Crippen LogP contribution in [0.3, 0.4) is 0 Å². The number of rotatable bonds is 6. The highest BCUT2D eigenvalue weighted by Gasteiger charge is 2.36. The number of nitrogens with zero attached hydrogens (tertiary/aromatic N) is 2. The van der Waals surface area contributed by atoms with Gasteiger partial charge in [0.1, 0.15) is 10.6 Å². The molecule has 114 valence electrons. The molecule has 3 rings (SSSR count). The van der Waals surface area contributed by atoms with E-state index in [-0.39, 0.29) is 0 Å². The lowest BCUT2D eigenvalue weighted by molar-refractivity contribution is 0.380. The quantitative estimate of drug-likeness (QED) is 0.560. The molecule has 4 N–H and O–H groups in total. The SMILES string of the molecule is CCc1cc2c(NCC3(SC)CCC3)nc(NN)nc2s1. The summed E-state index contributed by atoms with van der Waals surface area (Å²) in [4.78, 5) is 11.3. The Labute approximate surface area is 133 Å². The summed E-state index contributed by atoms with van der Waals surface area (Å²) in [6, 6.07) is 2.19. The molecule has 0 atom stereocenters. The highest BCUT2D eigenvalue weighted by molar-refractivity contribution is 8.00. The van der Waals surface area contributed by atoms with Gasteiger partial charge in [0.15, 0.2) is 0 Å². The second kappa shape index (κ2) is 5.98. The van der Waals surface area contributed by atoms with Gasteiger partial charge in [0.25, 0.3) is 0 Å². The molecular formula is C14H21N5S2. The summed E-state index contributed by atoms with van der Waals surface area (Å²) in [5.74, 6) is 6.86. The Morgan fingerprint density at radius 3 is 2.81 bits per heavy atom. The van der Waals surface area contributed by atoms with Crippen LogP contribution in [0.5, 0.6) is 0 Å². The van der Waals surface area contributed by atoms with Crippen molar-refractivity contribution in [3.05, 3.63) is 10.9 Å². The number of thioether (sulfide) groups is 1. The number of fused-ring (bicyclic) bond motifs is 1. The van der Waals surface area contributed by atoms with Crippen molar-refractivity contribution in [2.45, 2.75) is 37.4 Å². The first-order valence-corrected chi connectivity index (χ1v) is 9.30. The molecule has 5 nitrogen and oxygen atoms in total. The zero-order valence-corrected chi connectivity index (χ0v) is 14.0. The van der Waals surface area contributed by atoms with Crippen LogP contribution in [0.25, 0.3) is 10.2 Å². The van der Waals surface area contributed by atoms with Gasteiger partial charge in [0.05, 0.1) is 5.39 Å². The van der Waals surface area contributed by atoms with Crippen LogP contribution in [0.2, 0.25) is 0 Å². The first-order chi connectivity index (χ1) is 10.2. The van der Waals surface area contributed by atoms with Crippen molar-refractivity contribution in [1.29, 1.82) is 0 Å². The molecule has 0 saturated heterocycles. The van der Waals surface area contributed by atoms with Gasteiger partial charge in [0, 0.05) is 16.2 Å². The molecule has 0 radical (unpaired) electrons. The lowest BCUT2D eigenvalue weighted by Crippen LogP contribution is -2.40. The number of nitrogen functional groups attached to an aromatic ring is 1. The van der Waals surface area contributed by atoms with E-state index < -0.39 is 0 Å². The number of thiophene rings is 1. The molecule has 2 aromatic rings. The molecule has 0 aromatic carbocycles. The van der Waals surface area contributed by atoms with Gasteiger partial charge in [-0.3, -0.25) is 5.43 Å². The van der Waals surface area contributed by atoms with E-state index in [2.05, 4.69) is 40.0 Å². The van der Waals surface area contributed by atoms with E-state index in [1.165, 1.54) is 24.1 Å². The Kier molecular flexibility index (Phi) is 4.24. The van der Waals surface area contributed by atoms with Gasteiger partial charge in [-0.05, 0) is 31.6 Å². The van der Waals surface area contributed by atoms with Crippen molar-refractivity contribution in [2.75, 3.05) is 23.5 Å². The molecular weight excluding hydrogens is 302 g/mol. The number of aromatic nitrogens is 2. The Bertz CT molecular complexity index is 630. The van der Waals surface area contributed by atoms with E-state index in [1.807, 2.05) is 11.8 Å². The Morgan fingerprint density at radius 1 is 1.43 bits per heavy atom. The molecule has 0 bridgehead atoms. The summed E-state index contributed by atoms with van der Waals surface area (Å²) >= 11 is 3.67. The molecule has 2 aromatic heterocycles. The number of hydrazine groups is 1. The van der Waals surface area contributed by atoms with Gasteiger partial charge < -0.3 is 5.32 Å². The number of aryl methyl sites for hydroxylation is 1. The third-order valence-electron chi connectivity index (χ3n) is 4.20. The number of hydrogen-bond acceptors (Lipinski definition) is 7. The zero-order chi connectivity index (χ0) is 14.9. The van der Waals surface area contributed by atoms with E-state index in [0.717, 1.165) is 29.0 Å². The van der Waals surface area contributed by atoms with E-state index in [4.69, 9.17) is 5.84 Å². The largest absolute Gasteiger partial charge is 0.368 e. The van der Waals surface area contributed by atoms with Gasteiger partial charge in [-0.2, -0.15) is 16.7 Å². The van der Waals surface area contributed by atoms with Gasteiger partial charge >= 0.3 is 0 Å². The summed E-state index contributed by atoms with van der Waals surface area (Å²) in [5.41, 5.74) is 2.57. The molecule has 1 saturated carbocycles. The highest BCUT2D eigenvalue weighted by Crippen LogP contribution is 2.43. The first kappa shape index (κ1) is 14.9. The van der Waals surface area contributed by atoms with Crippen LogP contribution in [0, 0.1) is 0 Å². The predicted molar refractivity (Wildman–Crippen MR) is 93.2 cm³/mol. The molecule has 1 fully saturated rings. The smallest absolute Gasteiger partial charge is 0.240 e. The van der Waals surface area contributed by atoms with Crippen molar-refractivity contribution >= 4 is 45.1 Å².